The first kappa shape index (κ1) is 9.50. The lowest BCUT2D eigenvalue weighted by molar-refractivity contribution is 0.0743. The van der Waals surface area contributed by atoms with E-state index >= 15 is 0 Å². The average molecular weight is 182 g/mol. The number of hydrogen-bond acceptors (Lipinski definition) is 3. The highest BCUT2D eigenvalue weighted by molar-refractivity contribution is 6.45. The Morgan fingerprint density at radius 1 is 1.23 bits per heavy atom. The molecular formula is C9H19BN2O. The Morgan fingerprint density at radius 2 is 2.00 bits per heavy atom. The molecule has 2 rings (SSSR count). The average Bonchev–Trinajstić information content (AvgIpc) is 2.01. The minimum atomic E-state index is -0.260. The molecule has 0 aromatic rings. The quantitative estimate of drug-likeness (QED) is 0.621. The Morgan fingerprint density at radius 3 is 2.54 bits per heavy atom. The van der Waals surface area contributed by atoms with E-state index in [2.05, 4.69) is 9.71 Å². The standard InChI is InChI=1S/C9H19BN2O/c1-10(13)12-7-2-4-9(8-12)11-5-3-6-11/h9,13H,2-8H2,1H3/t9-/m0/s1. The maximum Gasteiger partial charge on any atom is 0.376 e. The van der Waals surface area contributed by atoms with E-state index in [1.54, 1.807) is 0 Å². The van der Waals surface area contributed by atoms with E-state index in [9.17, 15) is 5.02 Å². The number of likely N-dealkylation sites (tertiary alicyclic amines) is 1. The number of nitrogens with zero attached hydrogens (tertiary/aromatic N) is 2. The highest BCUT2D eigenvalue weighted by atomic mass is 16.2. The number of piperidine rings is 1. The van der Waals surface area contributed by atoms with Crippen LogP contribution in [0.3, 0.4) is 0 Å². The molecule has 0 bridgehead atoms. The molecular weight excluding hydrogens is 163 g/mol. The first-order chi connectivity index (χ1) is 6.27. The maximum absolute atomic E-state index is 9.47. The van der Waals surface area contributed by atoms with Gasteiger partial charge >= 0.3 is 7.05 Å². The van der Waals surface area contributed by atoms with Gasteiger partial charge in [0.05, 0.1) is 0 Å². The van der Waals surface area contributed by atoms with Crippen LogP contribution < -0.4 is 0 Å². The van der Waals surface area contributed by atoms with Crippen molar-refractivity contribution in [3.63, 3.8) is 0 Å². The SMILES string of the molecule is CB(O)N1CCC[C@H](N2CCC2)C1. The molecule has 0 aromatic heterocycles. The molecule has 2 fully saturated rings. The van der Waals surface area contributed by atoms with Crippen LogP contribution in [0.25, 0.3) is 0 Å². The van der Waals surface area contributed by atoms with Crippen LogP contribution in [0, 0.1) is 0 Å². The molecule has 1 atom stereocenters. The summed E-state index contributed by atoms with van der Waals surface area (Å²) in [5.41, 5.74) is 0. The fourth-order valence-corrected chi connectivity index (χ4v) is 2.33. The molecule has 0 aromatic carbocycles. The molecule has 1 N–H and O–H groups in total. The van der Waals surface area contributed by atoms with Crippen LogP contribution in [0.1, 0.15) is 19.3 Å². The van der Waals surface area contributed by atoms with Crippen molar-refractivity contribution < 1.29 is 5.02 Å². The molecule has 0 aliphatic carbocycles. The molecule has 0 radical (unpaired) electrons. The predicted octanol–water partition coefficient (Wildman–Crippen LogP) is 0.267. The van der Waals surface area contributed by atoms with Crippen molar-refractivity contribution in [2.45, 2.75) is 32.1 Å². The van der Waals surface area contributed by atoms with Crippen LogP contribution in [0.15, 0.2) is 0 Å². The van der Waals surface area contributed by atoms with Crippen LogP contribution >= 0.6 is 0 Å². The summed E-state index contributed by atoms with van der Waals surface area (Å²) in [6, 6.07) is 0.720. The van der Waals surface area contributed by atoms with E-state index in [-0.39, 0.29) is 7.05 Å². The normalized spacial score (nSPS) is 31.4. The van der Waals surface area contributed by atoms with E-state index in [0.717, 1.165) is 19.1 Å². The lowest BCUT2D eigenvalue weighted by Crippen LogP contribution is -2.55. The smallest absolute Gasteiger partial charge is 0.376 e. The van der Waals surface area contributed by atoms with Crippen molar-refractivity contribution in [2.24, 2.45) is 0 Å². The molecule has 2 aliphatic rings. The second-order valence-corrected chi connectivity index (χ2v) is 4.31. The fraction of sp³-hybridized carbons (Fsp3) is 1.00. The van der Waals surface area contributed by atoms with Crippen molar-refractivity contribution in [1.82, 2.24) is 9.71 Å². The third kappa shape index (κ3) is 2.06. The Balaban J connectivity index is 1.84. The highest BCUT2D eigenvalue weighted by Gasteiger charge is 2.30. The van der Waals surface area contributed by atoms with Gasteiger partial charge in [0.1, 0.15) is 0 Å². The zero-order valence-corrected chi connectivity index (χ0v) is 8.45. The summed E-state index contributed by atoms with van der Waals surface area (Å²) in [6.07, 6.45) is 3.93. The Labute approximate surface area is 80.8 Å². The molecule has 0 amide bonds. The summed E-state index contributed by atoms with van der Waals surface area (Å²) in [4.78, 5) is 4.74. The molecule has 2 heterocycles. The van der Waals surface area contributed by atoms with Gasteiger partial charge in [-0.05, 0) is 45.7 Å². The van der Waals surface area contributed by atoms with Crippen LogP contribution in [0.5, 0.6) is 0 Å². The van der Waals surface area contributed by atoms with Gasteiger partial charge in [0.2, 0.25) is 0 Å². The van der Waals surface area contributed by atoms with Gasteiger partial charge in [0, 0.05) is 12.6 Å². The largest absolute Gasteiger partial charge is 0.437 e. The third-order valence-electron chi connectivity index (χ3n) is 3.36. The maximum atomic E-state index is 9.47. The molecule has 13 heavy (non-hydrogen) atoms. The van der Waals surface area contributed by atoms with Crippen LogP contribution in [-0.2, 0) is 0 Å². The van der Waals surface area contributed by atoms with Crippen molar-refractivity contribution in [3.8, 4) is 0 Å². The number of hydrogen-bond donors (Lipinski definition) is 1. The minimum Gasteiger partial charge on any atom is -0.437 e. The Kier molecular flexibility index (Phi) is 2.91. The molecule has 74 valence electrons. The van der Waals surface area contributed by atoms with E-state index in [0.29, 0.717) is 0 Å². The summed E-state index contributed by atoms with van der Waals surface area (Å²) >= 11 is 0. The fourth-order valence-electron chi connectivity index (χ4n) is 2.33. The molecule has 4 heteroatoms. The van der Waals surface area contributed by atoms with Gasteiger partial charge in [0.25, 0.3) is 0 Å². The lowest BCUT2D eigenvalue weighted by Gasteiger charge is -2.44. The Hall–Kier alpha value is -0.0551. The topological polar surface area (TPSA) is 26.7 Å². The van der Waals surface area contributed by atoms with E-state index in [4.69, 9.17) is 0 Å². The third-order valence-corrected chi connectivity index (χ3v) is 3.36. The van der Waals surface area contributed by atoms with Crippen molar-refractivity contribution in [2.75, 3.05) is 26.2 Å². The summed E-state index contributed by atoms with van der Waals surface area (Å²) in [5, 5.41) is 9.47. The summed E-state index contributed by atoms with van der Waals surface area (Å²) in [6.45, 7) is 6.56. The molecule has 0 spiro atoms. The zero-order valence-electron chi connectivity index (χ0n) is 8.45. The molecule has 2 saturated heterocycles. The van der Waals surface area contributed by atoms with E-state index in [1.165, 1.54) is 32.4 Å². The first-order valence-electron chi connectivity index (χ1n) is 5.43. The second-order valence-electron chi connectivity index (χ2n) is 4.31. The molecule has 0 unspecified atom stereocenters. The van der Waals surface area contributed by atoms with Gasteiger partial charge < -0.3 is 9.83 Å². The van der Waals surface area contributed by atoms with Crippen molar-refractivity contribution in [1.29, 1.82) is 0 Å². The van der Waals surface area contributed by atoms with Crippen LogP contribution in [-0.4, -0.2) is 54.0 Å². The summed E-state index contributed by atoms with van der Waals surface area (Å²) < 4.78 is 0. The first-order valence-corrected chi connectivity index (χ1v) is 5.43. The van der Waals surface area contributed by atoms with Crippen LogP contribution in [0.4, 0.5) is 0 Å². The second kappa shape index (κ2) is 3.99. The Bertz CT molecular complexity index is 173. The van der Waals surface area contributed by atoms with Gasteiger partial charge in [-0.3, -0.25) is 4.90 Å². The van der Waals surface area contributed by atoms with Crippen LogP contribution in [0.2, 0.25) is 6.82 Å². The van der Waals surface area contributed by atoms with Gasteiger partial charge in [0.15, 0.2) is 0 Å². The minimum absolute atomic E-state index is 0.260. The van der Waals surface area contributed by atoms with Crippen molar-refractivity contribution >= 4 is 7.05 Å². The monoisotopic (exact) mass is 182 g/mol. The van der Waals surface area contributed by atoms with Gasteiger partial charge in [-0.1, -0.05) is 0 Å². The predicted molar refractivity (Wildman–Crippen MR) is 54.6 cm³/mol. The molecule has 2 aliphatic heterocycles. The van der Waals surface area contributed by atoms with Gasteiger partial charge in [-0.15, -0.1) is 0 Å². The zero-order chi connectivity index (χ0) is 9.26. The summed E-state index contributed by atoms with van der Waals surface area (Å²) in [7, 11) is -0.260. The van der Waals surface area contributed by atoms with E-state index in [1.807, 2.05) is 6.82 Å². The number of rotatable bonds is 2. The lowest BCUT2D eigenvalue weighted by atomic mass is 9.81. The van der Waals surface area contributed by atoms with Gasteiger partial charge in [-0.2, -0.15) is 0 Å². The highest BCUT2D eigenvalue weighted by Crippen LogP contribution is 2.20. The van der Waals surface area contributed by atoms with Gasteiger partial charge in [-0.25, -0.2) is 0 Å². The molecule has 0 saturated carbocycles. The molecule has 3 nitrogen and oxygen atoms in total. The van der Waals surface area contributed by atoms with E-state index < -0.39 is 0 Å². The van der Waals surface area contributed by atoms with Crippen molar-refractivity contribution in [3.05, 3.63) is 0 Å². The summed E-state index contributed by atoms with van der Waals surface area (Å²) in [5.74, 6) is 0.